The molecule has 3 aromatic rings. The molecule has 0 bridgehead atoms. The fourth-order valence-corrected chi connectivity index (χ4v) is 3.07. The van der Waals surface area contributed by atoms with Crippen LogP contribution in [-0.2, 0) is 5.41 Å². The van der Waals surface area contributed by atoms with E-state index < -0.39 is 0 Å². The molecule has 5 nitrogen and oxygen atoms in total. The number of nitrogens with two attached hydrogens (primary N) is 1. The molecule has 28 heavy (non-hydrogen) atoms. The van der Waals surface area contributed by atoms with Crippen LogP contribution in [0, 0.1) is 0 Å². The molecule has 0 aliphatic heterocycles. The molecule has 2 heterocycles. The first-order valence-corrected chi connectivity index (χ1v) is 9.10. The van der Waals surface area contributed by atoms with E-state index in [1.165, 1.54) is 0 Å². The number of ether oxygens (including phenoxy) is 1. The predicted octanol–water partition coefficient (Wildman–Crippen LogP) is 4.50. The summed E-state index contributed by atoms with van der Waals surface area (Å²) >= 11 is 0. The van der Waals surface area contributed by atoms with Gasteiger partial charge in [0.05, 0.1) is 7.11 Å². The van der Waals surface area contributed by atoms with E-state index in [4.69, 9.17) is 10.5 Å². The van der Waals surface area contributed by atoms with Crippen LogP contribution in [0.2, 0.25) is 0 Å². The molecule has 3 rings (SSSR count). The number of hydrogen-bond acceptors (Lipinski definition) is 4. The lowest BCUT2D eigenvalue weighted by atomic mass is 9.83. The smallest absolute Gasteiger partial charge is 0.255 e. The van der Waals surface area contributed by atoms with Crippen molar-refractivity contribution in [2.45, 2.75) is 26.2 Å². The third-order valence-corrected chi connectivity index (χ3v) is 4.52. The number of methoxy groups -OCH3 is 1. The van der Waals surface area contributed by atoms with Gasteiger partial charge in [0.15, 0.2) is 0 Å². The maximum absolute atomic E-state index is 12.3. The maximum atomic E-state index is 12.3. The minimum atomic E-state index is -0.158. The van der Waals surface area contributed by atoms with Crippen LogP contribution in [-0.4, -0.2) is 17.1 Å². The van der Waals surface area contributed by atoms with Crippen LogP contribution < -0.4 is 16.0 Å². The van der Waals surface area contributed by atoms with E-state index in [-0.39, 0.29) is 11.0 Å². The van der Waals surface area contributed by atoms with Gasteiger partial charge >= 0.3 is 0 Å². The van der Waals surface area contributed by atoms with E-state index >= 15 is 0 Å². The van der Waals surface area contributed by atoms with E-state index in [0.717, 1.165) is 28.0 Å². The average molecular weight is 375 g/mol. The molecule has 1 aromatic carbocycles. The van der Waals surface area contributed by atoms with Gasteiger partial charge in [-0.2, -0.15) is 0 Å². The van der Waals surface area contributed by atoms with E-state index in [1.54, 1.807) is 25.6 Å². The van der Waals surface area contributed by atoms with Crippen LogP contribution in [0.1, 0.15) is 37.5 Å². The lowest BCUT2D eigenvalue weighted by Gasteiger charge is -2.24. The summed E-state index contributed by atoms with van der Waals surface area (Å²) in [5.41, 5.74) is 9.71. The van der Waals surface area contributed by atoms with Crippen LogP contribution in [0.15, 0.2) is 53.6 Å². The summed E-state index contributed by atoms with van der Waals surface area (Å²) in [5.74, 6) is 1.28. The fraction of sp³-hybridized carbons (Fsp3) is 0.217. The van der Waals surface area contributed by atoms with Gasteiger partial charge in [-0.25, -0.2) is 4.98 Å². The minimum absolute atomic E-state index is 0.120. The highest BCUT2D eigenvalue weighted by Crippen LogP contribution is 2.38. The van der Waals surface area contributed by atoms with E-state index in [1.807, 2.05) is 42.5 Å². The third-order valence-electron chi connectivity index (χ3n) is 4.52. The zero-order valence-corrected chi connectivity index (χ0v) is 16.6. The molecule has 0 fully saturated rings. The van der Waals surface area contributed by atoms with Crippen LogP contribution in [0.5, 0.6) is 5.75 Å². The number of benzene rings is 1. The van der Waals surface area contributed by atoms with E-state index in [2.05, 4.69) is 30.7 Å². The van der Waals surface area contributed by atoms with Gasteiger partial charge in [-0.15, -0.1) is 0 Å². The normalized spacial score (nSPS) is 11.7. The number of anilines is 1. The Kier molecular flexibility index (Phi) is 5.36. The highest BCUT2D eigenvalue weighted by atomic mass is 16.5. The Bertz CT molecular complexity index is 1060. The Morgan fingerprint density at radius 3 is 2.54 bits per heavy atom. The number of aromatic nitrogens is 2. The van der Waals surface area contributed by atoms with Crippen molar-refractivity contribution < 1.29 is 4.74 Å². The lowest BCUT2D eigenvalue weighted by molar-refractivity contribution is 0.397. The SMILES string of the molecule is COc1c(C=Cc2ccc(N)nc2)cc(-c2ccc[nH]c2=O)cc1C(C)(C)C. The van der Waals surface area contributed by atoms with Gasteiger partial charge in [0.1, 0.15) is 11.6 Å². The zero-order valence-electron chi connectivity index (χ0n) is 16.6. The van der Waals surface area contributed by atoms with Crippen molar-refractivity contribution >= 4 is 18.0 Å². The molecule has 5 heteroatoms. The van der Waals surface area contributed by atoms with Crippen LogP contribution in [0.25, 0.3) is 23.3 Å². The largest absolute Gasteiger partial charge is 0.496 e. The molecule has 0 saturated carbocycles. The van der Waals surface area contributed by atoms with Gasteiger partial charge in [-0.1, -0.05) is 32.9 Å². The molecule has 0 unspecified atom stereocenters. The molecule has 0 saturated heterocycles. The molecule has 144 valence electrons. The Hall–Kier alpha value is -3.34. The number of rotatable bonds is 4. The Labute approximate surface area is 164 Å². The lowest BCUT2D eigenvalue weighted by Crippen LogP contribution is -2.15. The number of nitrogen functional groups attached to an aromatic ring is 1. The number of nitrogens with one attached hydrogen (secondary N) is 1. The molecular formula is C23H25N3O2. The van der Waals surface area contributed by atoms with Crippen molar-refractivity contribution in [3.8, 4) is 16.9 Å². The van der Waals surface area contributed by atoms with Gasteiger partial charge < -0.3 is 15.5 Å². The van der Waals surface area contributed by atoms with Crippen molar-refractivity contribution in [3.63, 3.8) is 0 Å². The monoisotopic (exact) mass is 375 g/mol. The Morgan fingerprint density at radius 1 is 1.14 bits per heavy atom. The second kappa shape index (κ2) is 7.72. The summed E-state index contributed by atoms with van der Waals surface area (Å²) in [6, 6.07) is 11.3. The molecule has 2 aromatic heterocycles. The number of H-pyrrole nitrogens is 1. The van der Waals surface area contributed by atoms with E-state index in [9.17, 15) is 4.79 Å². The van der Waals surface area contributed by atoms with Crippen LogP contribution in [0.3, 0.4) is 0 Å². The highest BCUT2D eigenvalue weighted by molar-refractivity contribution is 5.78. The van der Waals surface area contributed by atoms with Gasteiger partial charge in [-0.3, -0.25) is 4.79 Å². The standard InChI is InChI=1S/C23H25N3O2/c1-23(2,3)19-13-17(18-6-5-11-25-22(18)27)12-16(21(19)28-4)9-7-15-8-10-20(24)26-14-15/h5-14H,1-4H3,(H2,24,26)(H,25,27). The summed E-state index contributed by atoms with van der Waals surface area (Å²) < 4.78 is 5.76. The number of hydrogen-bond donors (Lipinski definition) is 2. The van der Waals surface area contributed by atoms with Crippen molar-refractivity contribution in [2.24, 2.45) is 0 Å². The van der Waals surface area contributed by atoms with Crippen molar-refractivity contribution in [3.05, 3.63) is 75.8 Å². The molecule has 0 amide bonds. The number of aromatic amines is 1. The molecule has 0 aliphatic carbocycles. The Morgan fingerprint density at radius 2 is 1.93 bits per heavy atom. The summed E-state index contributed by atoms with van der Waals surface area (Å²) in [5, 5.41) is 0. The van der Waals surface area contributed by atoms with Crippen LogP contribution >= 0.6 is 0 Å². The summed E-state index contributed by atoms with van der Waals surface area (Å²) in [4.78, 5) is 19.2. The first-order valence-electron chi connectivity index (χ1n) is 9.10. The second-order valence-corrected chi connectivity index (χ2v) is 7.66. The average Bonchev–Trinajstić information content (AvgIpc) is 2.66. The van der Waals surface area contributed by atoms with Gasteiger partial charge in [0, 0.05) is 29.1 Å². The second-order valence-electron chi connectivity index (χ2n) is 7.66. The number of pyridine rings is 2. The van der Waals surface area contributed by atoms with E-state index in [0.29, 0.717) is 11.4 Å². The molecule has 0 radical (unpaired) electrons. The third kappa shape index (κ3) is 4.14. The summed E-state index contributed by atoms with van der Waals surface area (Å²) in [6.45, 7) is 6.38. The quantitative estimate of drug-likeness (QED) is 0.704. The molecular weight excluding hydrogens is 350 g/mol. The van der Waals surface area contributed by atoms with Crippen molar-refractivity contribution in [1.82, 2.24) is 9.97 Å². The topological polar surface area (TPSA) is 81.0 Å². The van der Waals surface area contributed by atoms with Gasteiger partial charge in [-0.05, 0) is 52.9 Å². The minimum Gasteiger partial charge on any atom is -0.496 e. The maximum Gasteiger partial charge on any atom is 0.255 e. The summed E-state index contributed by atoms with van der Waals surface area (Å²) in [7, 11) is 1.67. The number of nitrogens with zero attached hydrogens (tertiary/aromatic N) is 1. The molecule has 0 spiro atoms. The summed E-state index contributed by atoms with van der Waals surface area (Å²) in [6.07, 6.45) is 7.28. The van der Waals surface area contributed by atoms with Gasteiger partial charge in [0.25, 0.3) is 5.56 Å². The first kappa shape index (κ1) is 19.4. The fourth-order valence-electron chi connectivity index (χ4n) is 3.07. The molecule has 0 aliphatic rings. The zero-order chi connectivity index (χ0) is 20.3. The highest BCUT2D eigenvalue weighted by Gasteiger charge is 2.22. The van der Waals surface area contributed by atoms with Crippen LogP contribution in [0.4, 0.5) is 5.82 Å². The molecule has 3 N–H and O–H groups in total. The van der Waals surface area contributed by atoms with Crippen molar-refractivity contribution in [1.29, 1.82) is 0 Å². The predicted molar refractivity (Wildman–Crippen MR) is 115 cm³/mol. The van der Waals surface area contributed by atoms with Gasteiger partial charge in [0.2, 0.25) is 0 Å². The molecule has 0 atom stereocenters. The first-order chi connectivity index (χ1) is 13.3. The van der Waals surface area contributed by atoms with Crippen molar-refractivity contribution in [2.75, 3.05) is 12.8 Å². The Balaban J connectivity index is 2.19.